The van der Waals surface area contributed by atoms with E-state index in [1.165, 1.54) is 4.88 Å². The van der Waals surface area contributed by atoms with Gasteiger partial charge in [-0.3, -0.25) is 0 Å². The Morgan fingerprint density at radius 1 is 1.32 bits per heavy atom. The molecule has 102 valence electrons. The normalized spacial score (nSPS) is 12.5. The topological polar surface area (TPSA) is 35.2 Å². The highest BCUT2D eigenvalue weighted by atomic mass is 79.9. The van der Waals surface area contributed by atoms with E-state index in [4.69, 9.17) is 33.7 Å². The lowest BCUT2D eigenvalue weighted by Gasteiger charge is -2.17. The molecule has 0 fully saturated rings. The van der Waals surface area contributed by atoms with Crippen LogP contribution in [0.3, 0.4) is 0 Å². The van der Waals surface area contributed by atoms with Crippen molar-refractivity contribution in [2.24, 2.45) is 5.73 Å². The van der Waals surface area contributed by atoms with E-state index in [1.807, 2.05) is 19.1 Å². The number of ether oxygens (including phenoxy) is 1. The maximum Gasteiger partial charge on any atom is 0.145 e. The molecule has 0 aliphatic rings. The second-order valence-electron chi connectivity index (χ2n) is 3.99. The molecule has 0 amide bonds. The summed E-state index contributed by atoms with van der Waals surface area (Å²) in [6.45, 7) is 2.43. The highest BCUT2D eigenvalue weighted by Crippen LogP contribution is 2.37. The molecule has 0 aliphatic heterocycles. The standard InChI is InChI=1S/C13H12BrCl2NOS/c1-7-2-3-13(19-7)12(6-17)18-11-5-9(15)8(14)4-10(11)16/h2-5,12H,6,17H2,1H3. The zero-order chi connectivity index (χ0) is 14.0. The van der Waals surface area contributed by atoms with Crippen LogP contribution < -0.4 is 10.5 Å². The highest BCUT2D eigenvalue weighted by molar-refractivity contribution is 9.10. The van der Waals surface area contributed by atoms with E-state index in [0.29, 0.717) is 22.3 Å². The quantitative estimate of drug-likeness (QED) is 0.739. The monoisotopic (exact) mass is 379 g/mol. The molecule has 0 aliphatic carbocycles. The van der Waals surface area contributed by atoms with Crippen molar-refractivity contribution in [3.8, 4) is 5.75 Å². The third-order valence-electron chi connectivity index (χ3n) is 2.54. The fourth-order valence-corrected chi connectivity index (χ4v) is 3.35. The molecule has 2 rings (SSSR count). The minimum absolute atomic E-state index is 0.214. The fourth-order valence-electron chi connectivity index (χ4n) is 1.60. The number of nitrogens with two attached hydrogens (primary N) is 1. The number of thiophene rings is 1. The van der Waals surface area contributed by atoms with Crippen molar-refractivity contribution in [3.05, 3.63) is 48.5 Å². The Hall–Kier alpha value is -0.260. The van der Waals surface area contributed by atoms with Crippen molar-refractivity contribution in [2.75, 3.05) is 6.54 Å². The van der Waals surface area contributed by atoms with Crippen LogP contribution in [0.1, 0.15) is 15.9 Å². The molecular weight excluding hydrogens is 369 g/mol. The van der Waals surface area contributed by atoms with Gasteiger partial charge in [0.1, 0.15) is 11.9 Å². The van der Waals surface area contributed by atoms with E-state index in [2.05, 4.69) is 15.9 Å². The first kappa shape index (κ1) is 15.1. The number of halogens is 3. The van der Waals surface area contributed by atoms with E-state index in [-0.39, 0.29) is 6.10 Å². The minimum atomic E-state index is -0.214. The van der Waals surface area contributed by atoms with Crippen molar-refractivity contribution in [1.82, 2.24) is 0 Å². The van der Waals surface area contributed by atoms with Crippen LogP contribution in [0.2, 0.25) is 10.0 Å². The Morgan fingerprint density at radius 2 is 2.05 bits per heavy atom. The lowest BCUT2D eigenvalue weighted by Crippen LogP contribution is -2.17. The Kier molecular flexibility index (Phi) is 5.15. The van der Waals surface area contributed by atoms with Crippen molar-refractivity contribution in [2.45, 2.75) is 13.0 Å². The first-order valence-corrected chi connectivity index (χ1v) is 7.95. The summed E-state index contributed by atoms with van der Waals surface area (Å²) < 4.78 is 6.62. The SMILES string of the molecule is Cc1ccc(C(CN)Oc2cc(Cl)c(Br)cc2Cl)s1. The smallest absolute Gasteiger partial charge is 0.145 e. The summed E-state index contributed by atoms with van der Waals surface area (Å²) >= 11 is 17.2. The molecule has 1 aromatic heterocycles. The maximum atomic E-state index is 6.14. The van der Waals surface area contributed by atoms with E-state index in [0.717, 1.165) is 9.35 Å². The first-order chi connectivity index (χ1) is 9.01. The van der Waals surface area contributed by atoms with Gasteiger partial charge in [-0.2, -0.15) is 0 Å². The zero-order valence-electron chi connectivity index (χ0n) is 10.1. The second-order valence-corrected chi connectivity index (χ2v) is 6.98. The van der Waals surface area contributed by atoms with Gasteiger partial charge in [-0.25, -0.2) is 0 Å². The Labute approximate surface area is 134 Å². The van der Waals surface area contributed by atoms with Crippen LogP contribution in [0.15, 0.2) is 28.7 Å². The fraction of sp³-hybridized carbons (Fsp3) is 0.231. The molecule has 1 atom stereocenters. The Bertz CT molecular complexity index is 588. The van der Waals surface area contributed by atoms with Crippen molar-refractivity contribution in [3.63, 3.8) is 0 Å². The molecule has 19 heavy (non-hydrogen) atoms. The molecule has 2 aromatic rings. The summed E-state index contributed by atoms with van der Waals surface area (Å²) in [7, 11) is 0. The number of aryl methyl sites for hydroxylation is 1. The zero-order valence-corrected chi connectivity index (χ0v) is 14.0. The van der Waals surface area contributed by atoms with Gasteiger partial charge in [0.25, 0.3) is 0 Å². The van der Waals surface area contributed by atoms with Gasteiger partial charge >= 0.3 is 0 Å². The predicted octanol–water partition coefficient (Wildman–Crippen LogP) is 5.20. The molecule has 1 aromatic carbocycles. The van der Waals surface area contributed by atoms with Crippen LogP contribution in [0, 0.1) is 6.92 Å². The largest absolute Gasteiger partial charge is 0.482 e. The van der Waals surface area contributed by atoms with Crippen LogP contribution in [-0.4, -0.2) is 6.54 Å². The molecule has 0 spiro atoms. The van der Waals surface area contributed by atoms with Crippen LogP contribution in [0.5, 0.6) is 5.75 Å². The number of hydrogen-bond acceptors (Lipinski definition) is 3. The Morgan fingerprint density at radius 3 is 2.63 bits per heavy atom. The van der Waals surface area contributed by atoms with Gasteiger partial charge in [0.15, 0.2) is 0 Å². The predicted molar refractivity (Wildman–Crippen MR) is 85.6 cm³/mol. The number of benzene rings is 1. The lowest BCUT2D eigenvalue weighted by atomic mass is 10.2. The molecule has 2 nitrogen and oxygen atoms in total. The number of hydrogen-bond donors (Lipinski definition) is 1. The van der Waals surface area contributed by atoms with Gasteiger partial charge in [-0.05, 0) is 41.1 Å². The van der Waals surface area contributed by atoms with E-state index in [9.17, 15) is 0 Å². The van der Waals surface area contributed by atoms with Gasteiger partial charge in [0.2, 0.25) is 0 Å². The molecule has 2 N–H and O–H groups in total. The van der Waals surface area contributed by atoms with E-state index >= 15 is 0 Å². The molecular formula is C13H12BrCl2NOS. The Balaban J connectivity index is 2.26. The van der Waals surface area contributed by atoms with E-state index in [1.54, 1.807) is 23.5 Å². The molecule has 0 radical (unpaired) electrons. The van der Waals surface area contributed by atoms with Crippen molar-refractivity contribution in [1.29, 1.82) is 0 Å². The second kappa shape index (κ2) is 6.46. The van der Waals surface area contributed by atoms with Gasteiger partial charge in [0, 0.05) is 26.8 Å². The summed E-state index contributed by atoms with van der Waals surface area (Å²) in [6, 6.07) is 7.47. The number of rotatable bonds is 4. The van der Waals surface area contributed by atoms with Crippen molar-refractivity contribution >= 4 is 50.5 Å². The van der Waals surface area contributed by atoms with Gasteiger partial charge in [-0.1, -0.05) is 23.2 Å². The summed E-state index contributed by atoms with van der Waals surface area (Å²) in [4.78, 5) is 2.30. The van der Waals surface area contributed by atoms with Gasteiger partial charge in [-0.15, -0.1) is 11.3 Å². The van der Waals surface area contributed by atoms with Gasteiger partial charge in [0.05, 0.1) is 10.0 Å². The summed E-state index contributed by atoms with van der Waals surface area (Å²) in [5, 5.41) is 1.06. The lowest BCUT2D eigenvalue weighted by molar-refractivity contribution is 0.218. The summed E-state index contributed by atoms with van der Waals surface area (Å²) in [5.41, 5.74) is 5.78. The molecule has 0 saturated carbocycles. The van der Waals surface area contributed by atoms with Gasteiger partial charge < -0.3 is 10.5 Å². The molecule has 1 heterocycles. The van der Waals surface area contributed by atoms with Crippen LogP contribution in [0.4, 0.5) is 0 Å². The molecule has 1 unspecified atom stereocenters. The molecule has 0 bridgehead atoms. The average Bonchev–Trinajstić information content (AvgIpc) is 2.78. The third-order valence-corrected chi connectivity index (χ3v) is 5.12. The van der Waals surface area contributed by atoms with Crippen LogP contribution >= 0.6 is 50.5 Å². The van der Waals surface area contributed by atoms with E-state index < -0.39 is 0 Å². The van der Waals surface area contributed by atoms with Crippen molar-refractivity contribution < 1.29 is 4.74 Å². The highest BCUT2D eigenvalue weighted by Gasteiger charge is 2.16. The van der Waals surface area contributed by atoms with Crippen LogP contribution in [-0.2, 0) is 0 Å². The molecule has 0 saturated heterocycles. The average molecular weight is 381 g/mol. The molecule has 6 heteroatoms. The van der Waals surface area contributed by atoms with Crippen LogP contribution in [0.25, 0.3) is 0 Å². The minimum Gasteiger partial charge on any atom is -0.482 e. The third kappa shape index (κ3) is 3.64. The summed E-state index contributed by atoms with van der Waals surface area (Å²) in [5.74, 6) is 0.538. The summed E-state index contributed by atoms with van der Waals surface area (Å²) in [6.07, 6.45) is -0.214. The maximum absolute atomic E-state index is 6.14. The first-order valence-electron chi connectivity index (χ1n) is 5.59.